The van der Waals surface area contributed by atoms with Gasteiger partial charge in [-0.05, 0) is 54.8 Å². The van der Waals surface area contributed by atoms with Gasteiger partial charge in [-0.25, -0.2) is 9.97 Å². The summed E-state index contributed by atoms with van der Waals surface area (Å²) in [5.41, 5.74) is -0.584. The van der Waals surface area contributed by atoms with E-state index in [1.807, 2.05) is 26.3 Å². The molecule has 2 rings (SSSR count). The molecule has 1 aromatic heterocycles. The van der Waals surface area contributed by atoms with Crippen molar-refractivity contribution >= 4 is 33.5 Å². The van der Waals surface area contributed by atoms with Gasteiger partial charge in [0.25, 0.3) is 0 Å². The SMILES string of the molecule is CSc1ncc(Br)c(N2CCC(C(C)(C)O)CC2)n1. The number of nitrogens with zero attached hydrogens (tertiary/aromatic N) is 3. The van der Waals surface area contributed by atoms with Crippen LogP contribution in [0.15, 0.2) is 15.8 Å². The molecule has 0 atom stereocenters. The van der Waals surface area contributed by atoms with E-state index in [2.05, 4.69) is 30.8 Å². The Balaban J connectivity index is 2.09. The number of aliphatic hydroxyl groups is 1. The highest BCUT2D eigenvalue weighted by Gasteiger charge is 2.31. The fourth-order valence-corrected chi connectivity index (χ4v) is 3.24. The number of hydrogen-bond donors (Lipinski definition) is 1. The highest BCUT2D eigenvalue weighted by Crippen LogP contribution is 2.32. The first kappa shape index (κ1) is 15.1. The Labute approximate surface area is 127 Å². The van der Waals surface area contributed by atoms with Crippen LogP contribution in [0, 0.1) is 5.92 Å². The van der Waals surface area contributed by atoms with Crippen LogP contribution in [0.5, 0.6) is 0 Å². The third kappa shape index (κ3) is 3.61. The zero-order valence-corrected chi connectivity index (χ0v) is 14.0. The van der Waals surface area contributed by atoms with E-state index in [-0.39, 0.29) is 0 Å². The van der Waals surface area contributed by atoms with Crippen molar-refractivity contribution in [2.24, 2.45) is 5.92 Å². The molecule has 2 heterocycles. The normalized spacial score (nSPS) is 17.8. The third-order valence-corrected chi connectivity index (χ3v) is 4.80. The monoisotopic (exact) mass is 345 g/mol. The molecule has 1 aromatic rings. The first-order valence-corrected chi connectivity index (χ1v) is 8.47. The van der Waals surface area contributed by atoms with Gasteiger partial charge in [-0.15, -0.1) is 0 Å². The van der Waals surface area contributed by atoms with Gasteiger partial charge in [0.15, 0.2) is 5.16 Å². The zero-order valence-electron chi connectivity index (χ0n) is 11.6. The van der Waals surface area contributed by atoms with E-state index in [1.54, 1.807) is 11.8 Å². The molecule has 0 saturated carbocycles. The lowest BCUT2D eigenvalue weighted by Crippen LogP contribution is -2.42. The molecule has 0 bridgehead atoms. The Morgan fingerprint density at radius 3 is 2.58 bits per heavy atom. The van der Waals surface area contributed by atoms with Gasteiger partial charge in [0, 0.05) is 19.3 Å². The molecular weight excluding hydrogens is 326 g/mol. The van der Waals surface area contributed by atoms with Crippen molar-refractivity contribution in [3.8, 4) is 0 Å². The van der Waals surface area contributed by atoms with E-state index in [9.17, 15) is 5.11 Å². The highest BCUT2D eigenvalue weighted by molar-refractivity contribution is 9.10. The minimum atomic E-state index is -0.584. The molecule has 1 aliphatic heterocycles. The summed E-state index contributed by atoms with van der Waals surface area (Å²) < 4.78 is 0.937. The van der Waals surface area contributed by atoms with Crippen molar-refractivity contribution in [2.75, 3.05) is 24.2 Å². The molecule has 0 spiro atoms. The van der Waals surface area contributed by atoms with Gasteiger partial charge in [-0.3, -0.25) is 0 Å². The largest absolute Gasteiger partial charge is 0.390 e. The minimum Gasteiger partial charge on any atom is -0.390 e. The Kier molecular flexibility index (Phi) is 4.74. The van der Waals surface area contributed by atoms with Crippen LogP contribution in [0.1, 0.15) is 26.7 Å². The van der Waals surface area contributed by atoms with E-state index < -0.39 is 5.60 Å². The topological polar surface area (TPSA) is 49.2 Å². The Bertz CT molecular complexity index is 442. The van der Waals surface area contributed by atoms with Crippen LogP contribution in [-0.4, -0.2) is 40.0 Å². The molecule has 0 amide bonds. The van der Waals surface area contributed by atoms with E-state index in [1.165, 1.54) is 0 Å². The number of aromatic nitrogens is 2. The van der Waals surface area contributed by atoms with Crippen molar-refractivity contribution in [2.45, 2.75) is 37.4 Å². The molecule has 1 saturated heterocycles. The summed E-state index contributed by atoms with van der Waals surface area (Å²) >= 11 is 5.08. The molecule has 1 N–H and O–H groups in total. The molecule has 0 aliphatic carbocycles. The average molecular weight is 346 g/mol. The lowest BCUT2D eigenvalue weighted by Gasteiger charge is -2.38. The first-order chi connectivity index (χ1) is 8.91. The maximum absolute atomic E-state index is 10.1. The molecule has 0 radical (unpaired) electrons. The smallest absolute Gasteiger partial charge is 0.189 e. The number of anilines is 1. The van der Waals surface area contributed by atoms with E-state index >= 15 is 0 Å². The Morgan fingerprint density at radius 1 is 1.42 bits per heavy atom. The number of rotatable bonds is 3. The van der Waals surface area contributed by atoms with Gasteiger partial charge < -0.3 is 10.0 Å². The van der Waals surface area contributed by atoms with Crippen molar-refractivity contribution in [3.05, 3.63) is 10.7 Å². The molecule has 1 fully saturated rings. The van der Waals surface area contributed by atoms with Crippen LogP contribution >= 0.6 is 27.7 Å². The summed E-state index contributed by atoms with van der Waals surface area (Å²) in [5.74, 6) is 1.33. The van der Waals surface area contributed by atoms with Gasteiger partial charge in [0.1, 0.15) is 5.82 Å². The molecule has 1 aliphatic rings. The minimum absolute atomic E-state index is 0.365. The Morgan fingerprint density at radius 2 is 2.05 bits per heavy atom. The summed E-state index contributed by atoms with van der Waals surface area (Å²) in [6, 6.07) is 0. The second-order valence-corrected chi connectivity index (χ2v) is 7.07. The summed E-state index contributed by atoms with van der Waals surface area (Å²) in [6.07, 6.45) is 5.78. The molecular formula is C13H20BrN3OS. The first-order valence-electron chi connectivity index (χ1n) is 6.45. The fourth-order valence-electron chi connectivity index (χ4n) is 2.46. The second-order valence-electron chi connectivity index (χ2n) is 5.44. The van der Waals surface area contributed by atoms with E-state index in [0.29, 0.717) is 5.92 Å². The quantitative estimate of drug-likeness (QED) is 0.674. The van der Waals surface area contributed by atoms with Crippen LogP contribution in [0.3, 0.4) is 0 Å². The molecule has 106 valence electrons. The van der Waals surface area contributed by atoms with Gasteiger partial charge in [0.05, 0.1) is 10.1 Å². The van der Waals surface area contributed by atoms with Gasteiger partial charge in [0.2, 0.25) is 0 Å². The maximum Gasteiger partial charge on any atom is 0.189 e. The van der Waals surface area contributed by atoms with Crippen LogP contribution in [0.4, 0.5) is 5.82 Å². The second kappa shape index (κ2) is 5.97. The van der Waals surface area contributed by atoms with Gasteiger partial charge >= 0.3 is 0 Å². The fraction of sp³-hybridized carbons (Fsp3) is 0.692. The summed E-state index contributed by atoms with van der Waals surface area (Å²) in [4.78, 5) is 11.1. The number of piperidine rings is 1. The van der Waals surface area contributed by atoms with Crippen LogP contribution in [0.25, 0.3) is 0 Å². The zero-order chi connectivity index (χ0) is 14.0. The lowest BCUT2D eigenvalue weighted by atomic mass is 9.83. The van der Waals surface area contributed by atoms with Crippen LogP contribution in [0.2, 0.25) is 0 Å². The molecule has 6 heteroatoms. The Hall–Kier alpha value is -0.330. The number of hydrogen-bond acceptors (Lipinski definition) is 5. The maximum atomic E-state index is 10.1. The standard InChI is InChI=1S/C13H20BrN3OS/c1-13(2,18)9-4-6-17(7-5-9)11-10(14)8-15-12(16-11)19-3/h8-9,18H,4-7H2,1-3H3. The van der Waals surface area contributed by atoms with Crippen LogP contribution in [-0.2, 0) is 0 Å². The molecule has 4 nitrogen and oxygen atoms in total. The van der Waals surface area contributed by atoms with E-state index in [4.69, 9.17) is 0 Å². The number of thioether (sulfide) groups is 1. The summed E-state index contributed by atoms with van der Waals surface area (Å²) in [5, 5.41) is 10.9. The van der Waals surface area contributed by atoms with Crippen molar-refractivity contribution in [1.29, 1.82) is 0 Å². The van der Waals surface area contributed by atoms with Crippen molar-refractivity contribution < 1.29 is 5.11 Å². The predicted octanol–water partition coefficient (Wildman–Crippen LogP) is 2.95. The van der Waals surface area contributed by atoms with Crippen molar-refractivity contribution in [1.82, 2.24) is 9.97 Å². The molecule has 0 aromatic carbocycles. The van der Waals surface area contributed by atoms with E-state index in [0.717, 1.165) is 41.4 Å². The lowest BCUT2D eigenvalue weighted by molar-refractivity contribution is 0.00644. The third-order valence-electron chi connectivity index (χ3n) is 3.68. The highest BCUT2D eigenvalue weighted by atomic mass is 79.9. The molecule has 19 heavy (non-hydrogen) atoms. The number of halogens is 1. The van der Waals surface area contributed by atoms with Gasteiger partial charge in [-0.1, -0.05) is 11.8 Å². The average Bonchev–Trinajstić information content (AvgIpc) is 2.38. The molecule has 0 unspecified atom stereocenters. The van der Waals surface area contributed by atoms with Crippen LogP contribution < -0.4 is 4.90 Å². The predicted molar refractivity (Wildman–Crippen MR) is 82.7 cm³/mol. The summed E-state index contributed by atoms with van der Waals surface area (Å²) in [7, 11) is 0. The summed E-state index contributed by atoms with van der Waals surface area (Å²) in [6.45, 7) is 5.66. The van der Waals surface area contributed by atoms with Crippen molar-refractivity contribution in [3.63, 3.8) is 0 Å². The van der Waals surface area contributed by atoms with Gasteiger partial charge in [-0.2, -0.15) is 0 Å².